The lowest BCUT2D eigenvalue weighted by atomic mass is 10.2. The SMILES string of the molecule is CCC(CC)n1cnc(C(N)=S)n1. The van der Waals surface area contributed by atoms with Crippen LogP contribution in [0.15, 0.2) is 6.33 Å². The number of nitrogens with two attached hydrogens (primary N) is 1. The zero-order valence-electron chi connectivity index (χ0n) is 7.90. The standard InChI is InChI=1S/C8H14N4S/c1-3-6(4-2)12-5-10-8(11-12)7(9)13/h5-6H,3-4H2,1-2H3,(H2,9,13). The molecule has 72 valence electrons. The van der Waals surface area contributed by atoms with E-state index in [4.69, 9.17) is 18.0 Å². The van der Waals surface area contributed by atoms with E-state index in [1.165, 1.54) is 0 Å². The van der Waals surface area contributed by atoms with Crippen molar-refractivity contribution >= 4 is 17.2 Å². The van der Waals surface area contributed by atoms with Crippen LogP contribution in [0.25, 0.3) is 0 Å². The van der Waals surface area contributed by atoms with E-state index in [-0.39, 0.29) is 4.99 Å². The molecule has 0 unspecified atom stereocenters. The molecule has 0 aliphatic carbocycles. The third kappa shape index (κ3) is 2.24. The third-order valence-corrected chi connectivity index (χ3v) is 2.23. The second-order valence-electron chi connectivity index (χ2n) is 2.88. The van der Waals surface area contributed by atoms with Crippen LogP contribution in [0.4, 0.5) is 0 Å². The van der Waals surface area contributed by atoms with Gasteiger partial charge in [0.1, 0.15) is 11.3 Å². The smallest absolute Gasteiger partial charge is 0.208 e. The lowest BCUT2D eigenvalue weighted by Gasteiger charge is -2.10. The maximum Gasteiger partial charge on any atom is 0.208 e. The largest absolute Gasteiger partial charge is 0.387 e. The lowest BCUT2D eigenvalue weighted by Crippen LogP contribution is -2.13. The zero-order valence-corrected chi connectivity index (χ0v) is 8.71. The Labute approximate surface area is 83.1 Å². The first-order chi connectivity index (χ1) is 6.19. The van der Waals surface area contributed by atoms with Crippen LogP contribution in [-0.4, -0.2) is 19.8 Å². The maximum atomic E-state index is 5.40. The fraction of sp³-hybridized carbons (Fsp3) is 0.625. The first kappa shape index (κ1) is 10.1. The molecule has 0 atom stereocenters. The van der Waals surface area contributed by atoms with Gasteiger partial charge in [-0.1, -0.05) is 26.1 Å². The van der Waals surface area contributed by atoms with E-state index in [1.807, 2.05) is 4.68 Å². The number of aromatic nitrogens is 3. The Balaban J connectivity index is 2.84. The summed E-state index contributed by atoms with van der Waals surface area (Å²) < 4.78 is 1.83. The van der Waals surface area contributed by atoms with E-state index >= 15 is 0 Å². The molecule has 0 bridgehead atoms. The number of rotatable bonds is 4. The van der Waals surface area contributed by atoms with Gasteiger partial charge < -0.3 is 5.73 Å². The van der Waals surface area contributed by atoms with Gasteiger partial charge in [0.2, 0.25) is 5.82 Å². The van der Waals surface area contributed by atoms with Crippen LogP contribution < -0.4 is 5.73 Å². The lowest BCUT2D eigenvalue weighted by molar-refractivity contribution is 0.427. The van der Waals surface area contributed by atoms with Crippen LogP contribution in [0.1, 0.15) is 38.6 Å². The van der Waals surface area contributed by atoms with Crippen molar-refractivity contribution in [2.75, 3.05) is 0 Å². The molecular formula is C8H14N4S. The minimum absolute atomic E-state index is 0.254. The monoisotopic (exact) mass is 198 g/mol. The van der Waals surface area contributed by atoms with Gasteiger partial charge in [-0.05, 0) is 12.8 Å². The third-order valence-electron chi connectivity index (χ3n) is 2.05. The molecule has 1 aromatic rings. The Morgan fingerprint density at radius 3 is 2.62 bits per heavy atom. The van der Waals surface area contributed by atoms with Crippen molar-refractivity contribution in [1.82, 2.24) is 14.8 Å². The summed E-state index contributed by atoms with van der Waals surface area (Å²) in [4.78, 5) is 4.27. The Morgan fingerprint density at radius 2 is 2.23 bits per heavy atom. The molecule has 2 N–H and O–H groups in total. The molecule has 0 spiro atoms. The van der Waals surface area contributed by atoms with Crippen LogP contribution in [0, 0.1) is 0 Å². The van der Waals surface area contributed by atoms with E-state index in [9.17, 15) is 0 Å². The summed E-state index contributed by atoms with van der Waals surface area (Å²) in [5.41, 5.74) is 5.40. The number of thiocarbonyl (C=S) groups is 1. The Morgan fingerprint density at radius 1 is 1.62 bits per heavy atom. The molecule has 13 heavy (non-hydrogen) atoms. The van der Waals surface area contributed by atoms with Gasteiger partial charge in [0.15, 0.2) is 0 Å². The molecule has 0 fully saturated rings. The van der Waals surface area contributed by atoms with Crippen molar-refractivity contribution in [3.8, 4) is 0 Å². The van der Waals surface area contributed by atoms with Gasteiger partial charge in [-0.15, -0.1) is 5.10 Å². The summed E-state index contributed by atoms with van der Waals surface area (Å²) in [6, 6.07) is 0.399. The van der Waals surface area contributed by atoms with Crippen LogP contribution >= 0.6 is 12.2 Å². The van der Waals surface area contributed by atoms with Crippen LogP contribution in [0.3, 0.4) is 0 Å². The number of hydrogen-bond acceptors (Lipinski definition) is 3. The van der Waals surface area contributed by atoms with Crippen molar-refractivity contribution in [3.05, 3.63) is 12.2 Å². The fourth-order valence-corrected chi connectivity index (χ4v) is 1.32. The molecule has 1 rings (SSSR count). The molecule has 0 saturated heterocycles. The quantitative estimate of drug-likeness (QED) is 0.740. The average Bonchev–Trinajstić information content (AvgIpc) is 2.56. The van der Waals surface area contributed by atoms with Crippen LogP contribution in [0.2, 0.25) is 0 Å². The van der Waals surface area contributed by atoms with Crippen molar-refractivity contribution in [1.29, 1.82) is 0 Å². The van der Waals surface area contributed by atoms with E-state index in [0.29, 0.717) is 11.9 Å². The normalized spacial score (nSPS) is 10.7. The van der Waals surface area contributed by atoms with Gasteiger partial charge in [0.05, 0.1) is 6.04 Å². The van der Waals surface area contributed by atoms with Gasteiger partial charge >= 0.3 is 0 Å². The summed E-state index contributed by atoms with van der Waals surface area (Å²) in [5, 5.41) is 4.19. The minimum atomic E-state index is 0.254. The second kappa shape index (κ2) is 4.32. The van der Waals surface area contributed by atoms with Crippen molar-refractivity contribution < 1.29 is 0 Å². The predicted molar refractivity (Wildman–Crippen MR) is 55.5 cm³/mol. The first-order valence-corrected chi connectivity index (χ1v) is 4.80. The van der Waals surface area contributed by atoms with Crippen molar-refractivity contribution in [3.63, 3.8) is 0 Å². The van der Waals surface area contributed by atoms with Crippen LogP contribution in [0.5, 0.6) is 0 Å². The predicted octanol–water partition coefficient (Wildman–Crippen LogP) is 1.27. The minimum Gasteiger partial charge on any atom is -0.387 e. The van der Waals surface area contributed by atoms with Gasteiger partial charge in [-0.3, -0.25) is 0 Å². The highest BCUT2D eigenvalue weighted by molar-refractivity contribution is 7.80. The Bertz CT molecular complexity index is 290. The summed E-state index contributed by atoms with van der Waals surface area (Å²) in [6.07, 6.45) is 3.76. The molecule has 4 nitrogen and oxygen atoms in total. The molecule has 0 aliphatic rings. The van der Waals surface area contributed by atoms with E-state index in [2.05, 4.69) is 23.9 Å². The number of hydrogen-bond donors (Lipinski definition) is 1. The number of nitrogens with zero attached hydrogens (tertiary/aromatic N) is 3. The highest BCUT2D eigenvalue weighted by atomic mass is 32.1. The maximum absolute atomic E-state index is 5.40. The van der Waals surface area contributed by atoms with Gasteiger partial charge in [0.25, 0.3) is 0 Å². The molecule has 1 heterocycles. The summed E-state index contributed by atoms with van der Waals surface area (Å²) >= 11 is 4.77. The highest BCUT2D eigenvalue weighted by Gasteiger charge is 2.09. The van der Waals surface area contributed by atoms with Crippen molar-refractivity contribution in [2.45, 2.75) is 32.7 Å². The topological polar surface area (TPSA) is 56.7 Å². The van der Waals surface area contributed by atoms with E-state index in [0.717, 1.165) is 12.8 Å². The molecule has 0 aliphatic heterocycles. The highest BCUT2D eigenvalue weighted by Crippen LogP contribution is 2.12. The molecular weight excluding hydrogens is 184 g/mol. The summed E-state index contributed by atoms with van der Waals surface area (Å²) in [5.74, 6) is 0.460. The van der Waals surface area contributed by atoms with E-state index < -0.39 is 0 Å². The van der Waals surface area contributed by atoms with E-state index in [1.54, 1.807) is 6.33 Å². The first-order valence-electron chi connectivity index (χ1n) is 4.40. The van der Waals surface area contributed by atoms with Crippen molar-refractivity contribution in [2.24, 2.45) is 5.73 Å². The molecule has 1 aromatic heterocycles. The molecule has 0 radical (unpaired) electrons. The van der Waals surface area contributed by atoms with Gasteiger partial charge in [-0.2, -0.15) is 0 Å². The van der Waals surface area contributed by atoms with Crippen LogP contribution in [-0.2, 0) is 0 Å². The molecule has 5 heteroatoms. The second-order valence-corrected chi connectivity index (χ2v) is 3.32. The molecule has 0 aromatic carbocycles. The summed E-state index contributed by atoms with van der Waals surface area (Å²) in [6.45, 7) is 4.24. The Hall–Kier alpha value is -0.970. The zero-order chi connectivity index (χ0) is 9.84. The van der Waals surface area contributed by atoms with Gasteiger partial charge in [0, 0.05) is 0 Å². The Kier molecular flexibility index (Phi) is 3.36. The average molecular weight is 198 g/mol. The molecule has 0 amide bonds. The molecule has 0 saturated carbocycles. The summed E-state index contributed by atoms with van der Waals surface area (Å²) in [7, 11) is 0. The van der Waals surface area contributed by atoms with Gasteiger partial charge in [-0.25, -0.2) is 9.67 Å². The fourth-order valence-electron chi connectivity index (χ4n) is 1.23.